The summed E-state index contributed by atoms with van der Waals surface area (Å²) in [5.41, 5.74) is 2.41. The third-order valence-electron chi connectivity index (χ3n) is 4.39. The van der Waals surface area contributed by atoms with Crippen molar-refractivity contribution in [3.05, 3.63) is 35.4 Å². The molecular weight excluding hydrogens is 296 g/mol. The van der Waals surface area contributed by atoms with Gasteiger partial charge in [0.15, 0.2) is 5.78 Å². The van der Waals surface area contributed by atoms with Crippen molar-refractivity contribution in [2.75, 3.05) is 13.1 Å². The minimum Gasteiger partial charge on any atom is -0.486 e. The number of hydrogen-bond donors (Lipinski definition) is 3. The summed E-state index contributed by atoms with van der Waals surface area (Å²) in [7, 11) is 0. The van der Waals surface area contributed by atoms with Gasteiger partial charge >= 0.3 is 0 Å². The number of ether oxygens (including phenoxy) is 1. The zero-order valence-corrected chi connectivity index (χ0v) is 12.8. The Morgan fingerprint density at radius 1 is 1.35 bits per heavy atom. The van der Waals surface area contributed by atoms with Crippen LogP contribution in [-0.2, 0) is 4.79 Å². The molecule has 2 heterocycles. The van der Waals surface area contributed by atoms with Crippen molar-refractivity contribution in [2.45, 2.75) is 31.3 Å². The van der Waals surface area contributed by atoms with E-state index in [9.17, 15) is 9.59 Å². The van der Waals surface area contributed by atoms with Gasteiger partial charge in [0.1, 0.15) is 11.4 Å². The van der Waals surface area contributed by atoms with E-state index in [1.165, 1.54) is 11.6 Å². The molecule has 23 heavy (non-hydrogen) atoms. The Balaban J connectivity index is 1.84. The van der Waals surface area contributed by atoms with Gasteiger partial charge in [-0.3, -0.25) is 14.8 Å². The first kappa shape index (κ1) is 15.7. The average Bonchev–Trinajstić information content (AvgIpc) is 2.78. The maximum Gasteiger partial charge on any atom is 0.267 e. The van der Waals surface area contributed by atoms with Crippen molar-refractivity contribution in [1.29, 1.82) is 0 Å². The fraction of sp³-hybridized carbons (Fsp3) is 0.412. The van der Waals surface area contributed by atoms with Crippen molar-refractivity contribution in [2.24, 2.45) is 0 Å². The summed E-state index contributed by atoms with van der Waals surface area (Å²) in [6.45, 7) is 1.82. The molecule has 0 radical (unpaired) electrons. The van der Waals surface area contributed by atoms with Gasteiger partial charge < -0.3 is 10.1 Å². The molecule has 2 aliphatic rings. The first-order valence-corrected chi connectivity index (χ1v) is 7.81. The molecule has 0 bridgehead atoms. The molecule has 6 nitrogen and oxygen atoms in total. The van der Waals surface area contributed by atoms with Crippen LogP contribution in [0.3, 0.4) is 0 Å². The van der Waals surface area contributed by atoms with E-state index in [0.29, 0.717) is 23.3 Å². The molecule has 3 N–H and O–H groups in total. The van der Waals surface area contributed by atoms with Crippen LogP contribution < -0.4 is 15.5 Å². The number of amides is 1. The summed E-state index contributed by atoms with van der Waals surface area (Å²) in [5.74, 6) is 0.0807. The van der Waals surface area contributed by atoms with Crippen LogP contribution in [0.15, 0.2) is 24.3 Å². The maximum atomic E-state index is 12.6. The predicted octanol–water partition coefficient (Wildman–Crippen LogP) is 1.68. The quantitative estimate of drug-likeness (QED) is 0.439. The van der Waals surface area contributed by atoms with Crippen LogP contribution in [0.2, 0.25) is 0 Å². The highest BCUT2D eigenvalue weighted by Crippen LogP contribution is 2.39. The van der Waals surface area contributed by atoms with E-state index in [4.69, 9.17) is 9.94 Å². The van der Waals surface area contributed by atoms with Crippen LogP contribution in [0.1, 0.15) is 41.6 Å². The molecule has 1 saturated heterocycles. The SMILES string of the molecule is O=C(C=Cc1ccc2c(c1)C(=O)CC1(CCCNCC1)O2)NO. The predicted molar refractivity (Wildman–Crippen MR) is 84.4 cm³/mol. The van der Waals surface area contributed by atoms with Crippen LogP contribution >= 0.6 is 0 Å². The van der Waals surface area contributed by atoms with E-state index in [1.807, 2.05) is 0 Å². The number of carbonyl (C=O) groups excluding carboxylic acids is 2. The van der Waals surface area contributed by atoms with Gasteiger partial charge in [0.2, 0.25) is 0 Å². The molecule has 1 fully saturated rings. The Bertz CT molecular complexity index is 646. The van der Waals surface area contributed by atoms with Gasteiger partial charge in [-0.1, -0.05) is 6.07 Å². The average molecular weight is 316 g/mol. The van der Waals surface area contributed by atoms with E-state index < -0.39 is 5.91 Å². The first-order valence-electron chi connectivity index (χ1n) is 7.81. The highest BCUT2D eigenvalue weighted by atomic mass is 16.5. The lowest BCUT2D eigenvalue weighted by Gasteiger charge is -2.37. The second-order valence-corrected chi connectivity index (χ2v) is 6.05. The number of hydroxylamine groups is 1. The number of benzene rings is 1. The van der Waals surface area contributed by atoms with Gasteiger partial charge in [-0.05, 0) is 49.7 Å². The fourth-order valence-corrected chi connectivity index (χ4v) is 3.21. The maximum absolute atomic E-state index is 12.6. The van der Waals surface area contributed by atoms with E-state index >= 15 is 0 Å². The molecule has 1 atom stereocenters. The Hall–Kier alpha value is -2.18. The smallest absolute Gasteiger partial charge is 0.267 e. The zero-order valence-electron chi connectivity index (χ0n) is 12.8. The fourth-order valence-electron chi connectivity index (χ4n) is 3.21. The van der Waals surface area contributed by atoms with E-state index in [2.05, 4.69) is 5.32 Å². The van der Waals surface area contributed by atoms with Gasteiger partial charge in [0.25, 0.3) is 5.91 Å². The lowest BCUT2D eigenvalue weighted by molar-refractivity contribution is -0.124. The minimum atomic E-state index is -0.616. The molecule has 0 aromatic heterocycles. The van der Waals surface area contributed by atoms with Crippen LogP contribution in [-0.4, -0.2) is 35.6 Å². The van der Waals surface area contributed by atoms with Gasteiger partial charge in [-0.15, -0.1) is 0 Å². The van der Waals surface area contributed by atoms with Gasteiger partial charge in [0.05, 0.1) is 12.0 Å². The summed E-state index contributed by atoms with van der Waals surface area (Å²) in [4.78, 5) is 23.6. The molecule has 2 aliphatic heterocycles. The summed E-state index contributed by atoms with van der Waals surface area (Å²) in [6, 6.07) is 5.30. The van der Waals surface area contributed by atoms with Gasteiger partial charge in [-0.2, -0.15) is 0 Å². The van der Waals surface area contributed by atoms with Crippen molar-refractivity contribution >= 4 is 17.8 Å². The number of ketones is 1. The Kier molecular flexibility index (Phi) is 4.45. The van der Waals surface area contributed by atoms with Crippen LogP contribution in [0.4, 0.5) is 0 Å². The number of fused-ring (bicyclic) bond motifs is 1. The highest BCUT2D eigenvalue weighted by Gasteiger charge is 2.40. The van der Waals surface area contributed by atoms with Crippen molar-refractivity contribution in [3.8, 4) is 5.75 Å². The summed E-state index contributed by atoms with van der Waals surface area (Å²) < 4.78 is 6.21. The van der Waals surface area contributed by atoms with Crippen LogP contribution in [0.25, 0.3) is 6.08 Å². The first-order chi connectivity index (χ1) is 11.1. The summed E-state index contributed by atoms with van der Waals surface area (Å²) in [5, 5.41) is 11.8. The number of rotatable bonds is 2. The van der Waals surface area contributed by atoms with Crippen molar-refractivity contribution in [3.63, 3.8) is 0 Å². The number of hydrogen-bond acceptors (Lipinski definition) is 5. The normalized spacial score (nSPS) is 24.1. The van der Waals surface area contributed by atoms with Crippen LogP contribution in [0.5, 0.6) is 5.75 Å². The van der Waals surface area contributed by atoms with Crippen molar-refractivity contribution < 1.29 is 19.5 Å². The number of nitrogens with one attached hydrogen (secondary N) is 2. The Morgan fingerprint density at radius 2 is 2.22 bits per heavy atom. The number of Topliss-reactive ketones (excluding diaryl/α,β-unsaturated/α-hetero) is 1. The summed E-state index contributed by atoms with van der Waals surface area (Å²) >= 11 is 0. The molecule has 0 aliphatic carbocycles. The summed E-state index contributed by atoms with van der Waals surface area (Å²) in [6.07, 6.45) is 5.85. The zero-order chi connectivity index (χ0) is 16.3. The molecule has 1 spiro atoms. The van der Waals surface area contributed by atoms with Gasteiger partial charge in [-0.25, -0.2) is 5.48 Å². The minimum absolute atomic E-state index is 0.0787. The molecular formula is C17H20N2O4. The topological polar surface area (TPSA) is 87.7 Å². The van der Waals surface area contributed by atoms with Crippen LogP contribution in [0, 0.1) is 0 Å². The number of carbonyl (C=O) groups is 2. The molecule has 1 amide bonds. The monoisotopic (exact) mass is 316 g/mol. The molecule has 1 unspecified atom stereocenters. The molecule has 3 rings (SSSR count). The molecule has 0 saturated carbocycles. The van der Waals surface area contributed by atoms with Crippen molar-refractivity contribution in [1.82, 2.24) is 10.8 Å². The van der Waals surface area contributed by atoms with E-state index in [1.54, 1.807) is 24.3 Å². The Labute approximate surface area is 134 Å². The highest BCUT2D eigenvalue weighted by molar-refractivity contribution is 6.01. The third kappa shape index (κ3) is 3.43. The second-order valence-electron chi connectivity index (χ2n) is 6.05. The molecule has 1 aromatic carbocycles. The van der Waals surface area contributed by atoms with E-state index in [0.717, 1.165) is 32.4 Å². The Morgan fingerprint density at radius 3 is 3.04 bits per heavy atom. The lowest BCUT2D eigenvalue weighted by atomic mass is 9.84. The lowest BCUT2D eigenvalue weighted by Crippen LogP contribution is -2.42. The standard InChI is InChI=1S/C17H20N2O4/c20-14-11-17(6-1-8-18-9-7-17)23-15-4-2-12(10-13(14)15)3-5-16(21)19-22/h2-5,10,18,22H,1,6-9,11H2,(H,19,21). The molecule has 122 valence electrons. The van der Waals surface area contributed by atoms with Gasteiger partial charge in [0, 0.05) is 12.5 Å². The molecule has 1 aromatic rings. The second kappa shape index (κ2) is 6.52. The third-order valence-corrected chi connectivity index (χ3v) is 4.39. The van der Waals surface area contributed by atoms with E-state index in [-0.39, 0.29) is 11.4 Å². The largest absolute Gasteiger partial charge is 0.486 e. The molecule has 6 heteroatoms.